The third-order valence-electron chi connectivity index (χ3n) is 2.74. The minimum absolute atomic E-state index is 0.0273. The third kappa shape index (κ3) is 3.31. The Bertz CT molecular complexity index is 539. The van der Waals surface area contributed by atoms with E-state index in [0.717, 1.165) is 11.3 Å². The molecule has 0 fully saturated rings. The molecule has 2 N–H and O–H groups in total. The quantitative estimate of drug-likeness (QED) is 0.845. The number of para-hydroxylation sites is 1. The molecule has 0 radical (unpaired) electrons. The zero-order valence-corrected chi connectivity index (χ0v) is 10.9. The van der Waals surface area contributed by atoms with Gasteiger partial charge in [0.15, 0.2) is 5.69 Å². The molecule has 2 rings (SSSR count). The van der Waals surface area contributed by atoms with Crippen LogP contribution in [0, 0.1) is 0 Å². The average molecular weight is 260 g/mol. The van der Waals surface area contributed by atoms with Crippen LogP contribution in [0.3, 0.4) is 0 Å². The fourth-order valence-electron chi connectivity index (χ4n) is 1.86. The minimum Gasteiger partial charge on any atom is -0.496 e. The summed E-state index contributed by atoms with van der Waals surface area (Å²) >= 11 is 0. The molecule has 6 nitrogen and oxygen atoms in total. The highest BCUT2D eigenvalue weighted by atomic mass is 16.5. The first-order valence-corrected chi connectivity index (χ1v) is 5.99. The highest BCUT2D eigenvalue weighted by molar-refractivity contribution is 5.91. The molecule has 0 aliphatic rings. The summed E-state index contributed by atoms with van der Waals surface area (Å²) in [7, 11) is 1.64. The number of ether oxygens (including phenoxy) is 1. The van der Waals surface area contributed by atoms with Crippen molar-refractivity contribution in [1.82, 2.24) is 20.7 Å². The van der Waals surface area contributed by atoms with Crippen molar-refractivity contribution in [1.29, 1.82) is 0 Å². The van der Waals surface area contributed by atoms with Crippen LogP contribution in [0.2, 0.25) is 0 Å². The second kappa shape index (κ2) is 5.99. The highest BCUT2D eigenvalue weighted by Gasteiger charge is 2.13. The van der Waals surface area contributed by atoms with Crippen LogP contribution in [-0.4, -0.2) is 34.5 Å². The minimum atomic E-state index is -0.240. The van der Waals surface area contributed by atoms with Crippen molar-refractivity contribution >= 4 is 5.91 Å². The number of methoxy groups -OCH3 is 1. The maximum absolute atomic E-state index is 11.8. The monoisotopic (exact) mass is 260 g/mol. The van der Waals surface area contributed by atoms with Crippen molar-refractivity contribution in [3.63, 3.8) is 0 Å². The van der Waals surface area contributed by atoms with Crippen LogP contribution in [0.1, 0.15) is 23.0 Å². The van der Waals surface area contributed by atoms with E-state index in [1.54, 1.807) is 7.11 Å². The normalized spacial score (nSPS) is 11.9. The number of benzene rings is 1. The van der Waals surface area contributed by atoms with Crippen molar-refractivity contribution < 1.29 is 9.53 Å². The van der Waals surface area contributed by atoms with Crippen molar-refractivity contribution in [3.05, 3.63) is 41.7 Å². The number of nitrogens with one attached hydrogen (secondary N) is 2. The van der Waals surface area contributed by atoms with Gasteiger partial charge in [0.1, 0.15) is 5.75 Å². The number of nitrogens with zero attached hydrogens (tertiary/aromatic N) is 2. The number of rotatable bonds is 5. The summed E-state index contributed by atoms with van der Waals surface area (Å²) in [6, 6.07) is 7.73. The van der Waals surface area contributed by atoms with E-state index in [4.69, 9.17) is 4.74 Å². The number of amides is 1. The predicted molar refractivity (Wildman–Crippen MR) is 70.0 cm³/mol. The molecule has 1 amide bonds. The van der Waals surface area contributed by atoms with E-state index in [0.29, 0.717) is 6.42 Å². The lowest BCUT2D eigenvalue weighted by molar-refractivity contribution is 0.0935. The summed E-state index contributed by atoms with van der Waals surface area (Å²) in [5, 5.41) is 12.6. The van der Waals surface area contributed by atoms with Gasteiger partial charge in [0.2, 0.25) is 0 Å². The van der Waals surface area contributed by atoms with Crippen LogP contribution in [-0.2, 0) is 6.42 Å². The molecule has 0 saturated carbocycles. The van der Waals surface area contributed by atoms with Gasteiger partial charge in [-0.3, -0.25) is 4.79 Å². The fraction of sp³-hybridized carbons (Fsp3) is 0.308. The summed E-state index contributed by atoms with van der Waals surface area (Å²) in [6.07, 6.45) is 2.08. The Labute approximate surface area is 111 Å². The third-order valence-corrected chi connectivity index (χ3v) is 2.74. The molecule has 0 spiro atoms. The summed E-state index contributed by atoms with van der Waals surface area (Å²) in [5.74, 6) is 0.584. The van der Waals surface area contributed by atoms with Crippen LogP contribution in [0.5, 0.6) is 5.75 Å². The summed E-state index contributed by atoms with van der Waals surface area (Å²) in [5.41, 5.74) is 1.34. The zero-order valence-electron chi connectivity index (χ0n) is 10.9. The van der Waals surface area contributed by atoms with Crippen molar-refractivity contribution in [3.8, 4) is 5.75 Å². The van der Waals surface area contributed by atoms with Gasteiger partial charge < -0.3 is 10.1 Å². The Morgan fingerprint density at radius 1 is 1.47 bits per heavy atom. The van der Waals surface area contributed by atoms with Crippen LogP contribution in [0.4, 0.5) is 0 Å². The van der Waals surface area contributed by atoms with E-state index < -0.39 is 0 Å². The zero-order chi connectivity index (χ0) is 13.7. The first-order chi connectivity index (χ1) is 9.20. The van der Waals surface area contributed by atoms with Crippen LogP contribution in [0.25, 0.3) is 0 Å². The van der Waals surface area contributed by atoms with Gasteiger partial charge >= 0.3 is 0 Å². The van der Waals surface area contributed by atoms with Gasteiger partial charge in [-0.2, -0.15) is 15.4 Å². The van der Waals surface area contributed by atoms with Gasteiger partial charge in [-0.05, 0) is 25.0 Å². The lowest BCUT2D eigenvalue weighted by Gasteiger charge is -2.15. The molecule has 1 aromatic carbocycles. The van der Waals surface area contributed by atoms with Crippen LogP contribution in [0.15, 0.2) is 30.5 Å². The molecule has 100 valence electrons. The maximum atomic E-state index is 11.8. The topological polar surface area (TPSA) is 79.9 Å². The van der Waals surface area contributed by atoms with Gasteiger partial charge in [-0.15, -0.1) is 0 Å². The average Bonchev–Trinajstić information content (AvgIpc) is 2.93. The molecule has 19 heavy (non-hydrogen) atoms. The summed E-state index contributed by atoms with van der Waals surface area (Å²) < 4.78 is 5.28. The summed E-state index contributed by atoms with van der Waals surface area (Å²) in [6.45, 7) is 1.93. The van der Waals surface area contributed by atoms with Crippen LogP contribution >= 0.6 is 0 Å². The molecule has 0 saturated heterocycles. The first kappa shape index (κ1) is 13.1. The molecule has 1 heterocycles. The van der Waals surface area contributed by atoms with Crippen molar-refractivity contribution in [2.45, 2.75) is 19.4 Å². The van der Waals surface area contributed by atoms with E-state index in [-0.39, 0.29) is 17.6 Å². The molecular weight excluding hydrogens is 244 g/mol. The Hall–Kier alpha value is -2.37. The number of H-pyrrole nitrogens is 1. The Morgan fingerprint density at radius 3 is 2.95 bits per heavy atom. The molecule has 6 heteroatoms. The number of carbonyl (C=O) groups excluding carboxylic acids is 1. The molecule has 1 unspecified atom stereocenters. The molecule has 1 aromatic heterocycles. The van der Waals surface area contributed by atoms with Crippen molar-refractivity contribution in [2.24, 2.45) is 0 Å². The van der Waals surface area contributed by atoms with Gasteiger partial charge in [-0.1, -0.05) is 18.2 Å². The van der Waals surface area contributed by atoms with Gasteiger partial charge in [0.05, 0.1) is 13.3 Å². The lowest BCUT2D eigenvalue weighted by atomic mass is 10.1. The second-order valence-electron chi connectivity index (χ2n) is 4.25. The fourth-order valence-corrected chi connectivity index (χ4v) is 1.86. The summed E-state index contributed by atoms with van der Waals surface area (Å²) in [4.78, 5) is 11.8. The standard InChI is InChI=1S/C13H16N4O2/c1-9(15-13(18)11-8-14-17-16-11)7-10-5-3-4-6-12(10)19-2/h3-6,8-9H,7H2,1-2H3,(H,15,18)(H,14,16,17). The van der Waals surface area contributed by atoms with E-state index in [1.807, 2.05) is 31.2 Å². The second-order valence-corrected chi connectivity index (χ2v) is 4.25. The van der Waals surface area contributed by atoms with Gasteiger partial charge in [0.25, 0.3) is 5.91 Å². The lowest BCUT2D eigenvalue weighted by Crippen LogP contribution is -2.34. The van der Waals surface area contributed by atoms with E-state index >= 15 is 0 Å². The van der Waals surface area contributed by atoms with Crippen LogP contribution < -0.4 is 10.1 Å². The number of aromatic nitrogens is 3. The molecule has 2 aromatic rings. The smallest absolute Gasteiger partial charge is 0.273 e. The maximum Gasteiger partial charge on any atom is 0.273 e. The van der Waals surface area contributed by atoms with Gasteiger partial charge in [-0.25, -0.2) is 0 Å². The van der Waals surface area contributed by atoms with E-state index in [2.05, 4.69) is 20.7 Å². The molecule has 0 bridgehead atoms. The number of aromatic amines is 1. The predicted octanol–water partition coefficient (Wildman–Crippen LogP) is 1.17. The van der Waals surface area contributed by atoms with E-state index in [1.165, 1.54) is 6.20 Å². The molecular formula is C13H16N4O2. The number of hydrogen-bond donors (Lipinski definition) is 2. The highest BCUT2D eigenvalue weighted by Crippen LogP contribution is 2.18. The van der Waals surface area contributed by atoms with Gasteiger partial charge in [0, 0.05) is 6.04 Å². The van der Waals surface area contributed by atoms with Crippen molar-refractivity contribution in [2.75, 3.05) is 7.11 Å². The molecule has 0 aliphatic carbocycles. The number of carbonyl (C=O) groups is 1. The number of hydrogen-bond acceptors (Lipinski definition) is 4. The Kier molecular flexibility index (Phi) is 4.12. The Balaban J connectivity index is 1.97. The van der Waals surface area contributed by atoms with E-state index in [9.17, 15) is 4.79 Å². The first-order valence-electron chi connectivity index (χ1n) is 5.99. The SMILES string of the molecule is COc1ccccc1CC(C)NC(=O)c1cn[nH]n1. The largest absolute Gasteiger partial charge is 0.496 e. The molecule has 1 atom stereocenters. The molecule has 0 aliphatic heterocycles. The Morgan fingerprint density at radius 2 is 2.26 bits per heavy atom.